The zero-order valence-corrected chi connectivity index (χ0v) is 18.4. The van der Waals surface area contributed by atoms with Gasteiger partial charge in [-0.1, -0.05) is 54.6 Å². The average molecular weight is 483 g/mol. The van der Waals surface area contributed by atoms with Crippen molar-refractivity contribution in [2.45, 2.75) is 26.7 Å². The fourth-order valence-corrected chi connectivity index (χ4v) is 2.48. The average Bonchev–Trinajstić information content (AvgIpc) is 2.69. The van der Waals surface area contributed by atoms with Gasteiger partial charge in [-0.25, -0.2) is 0 Å². The van der Waals surface area contributed by atoms with Crippen LogP contribution in [0.3, 0.4) is 0 Å². The molecule has 0 aliphatic carbocycles. The Morgan fingerprint density at radius 2 is 1.59 bits per heavy atom. The summed E-state index contributed by atoms with van der Waals surface area (Å²) >= 11 is 0. The zero-order valence-electron chi connectivity index (χ0n) is 16.1. The standard InChI is InChI=1S/C21H29N3O2.HI/c1-3-25-13-12-23-21(22-2)24-15-19-10-7-11-20(14-19)17-26-16-18-8-5-4-6-9-18;/h4-11,14H,3,12-13,15-17H2,1-2H3,(H2,22,23,24);1H. The molecule has 0 heterocycles. The van der Waals surface area contributed by atoms with Crippen LogP contribution in [0.4, 0.5) is 0 Å². The van der Waals surface area contributed by atoms with E-state index in [1.54, 1.807) is 7.05 Å². The molecule has 2 rings (SSSR count). The molecule has 0 fully saturated rings. The molecule has 2 aromatic rings. The number of nitrogens with zero attached hydrogens (tertiary/aromatic N) is 1. The second-order valence-corrected chi connectivity index (χ2v) is 5.85. The second kappa shape index (κ2) is 14.4. The van der Waals surface area contributed by atoms with Crippen molar-refractivity contribution in [2.75, 3.05) is 26.8 Å². The van der Waals surface area contributed by atoms with E-state index in [4.69, 9.17) is 9.47 Å². The maximum atomic E-state index is 5.81. The topological polar surface area (TPSA) is 54.9 Å². The largest absolute Gasteiger partial charge is 0.380 e. The third kappa shape index (κ3) is 9.74. The summed E-state index contributed by atoms with van der Waals surface area (Å²) in [4.78, 5) is 4.22. The summed E-state index contributed by atoms with van der Waals surface area (Å²) in [5.41, 5.74) is 3.55. The van der Waals surface area contributed by atoms with Gasteiger partial charge in [0.1, 0.15) is 0 Å². The minimum absolute atomic E-state index is 0. The fraction of sp³-hybridized carbons (Fsp3) is 0.381. The molecular weight excluding hydrogens is 453 g/mol. The molecule has 5 nitrogen and oxygen atoms in total. The summed E-state index contributed by atoms with van der Waals surface area (Å²) in [7, 11) is 1.77. The summed E-state index contributed by atoms with van der Waals surface area (Å²) < 4.78 is 11.1. The smallest absolute Gasteiger partial charge is 0.191 e. The van der Waals surface area contributed by atoms with Crippen molar-refractivity contribution in [1.29, 1.82) is 0 Å². The number of hydrogen-bond acceptors (Lipinski definition) is 3. The Balaban J connectivity index is 0.00000364. The lowest BCUT2D eigenvalue weighted by atomic mass is 10.1. The monoisotopic (exact) mass is 483 g/mol. The first-order chi connectivity index (χ1) is 12.8. The van der Waals surface area contributed by atoms with Crippen molar-refractivity contribution in [1.82, 2.24) is 10.6 Å². The van der Waals surface area contributed by atoms with E-state index in [9.17, 15) is 0 Å². The lowest BCUT2D eigenvalue weighted by molar-refractivity contribution is 0.107. The normalized spacial score (nSPS) is 11.0. The molecule has 0 saturated carbocycles. The number of aliphatic imine (C=N–C) groups is 1. The van der Waals surface area contributed by atoms with Gasteiger partial charge in [-0.15, -0.1) is 24.0 Å². The minimum atomic E-state index is 0. The Kier molecular flexibility index (Phi) is 12.5. The van der Waals surface area contributed by atoms with Crippen molar-refractivity contribution in [3.63, 3.8) is 0 Å². The van der Waals surface area contributed by atoms with Crippen LogP contribution in [0.2, 0.25) is 0 Å². The van der Waals surface area contributed by atoms with E-state index < -0.39 is 0 Å². The molecule has 0 saturated heterocycles. The van der Waals surface area contributed by atoms with Crippen LogP contribution in [0.25, 0.3) is 0 Å². The van der Waals surface area contributed by atoms with Crippen LogP contribution in [0.15, 0.2) is 59.6 Å². The molecule has 0 spiro atoms. The number of halogens is 1. The van der Waals surface area contributed by atoms with Crippen molar-refractivity contribution in [3.05, 3.63) is 71.3 Å². The molecule has 0 aliphatic rings. The first kappa shape index (κ1) is 23.4. The second-order valence-electron chi connectivity index (χ2n) is 5.85. The molecule has 27 heavy (non-hydrogen) atoms. The van der Waals surface area contributed by atoms with Crippen LogP contribution in [-0.2, 0) is 29.2 Å². The van der Waals surface area contributed by atoms with E-state index in [0.717, 1.165) is 19.1 Å². The SMILES string of the molecule is CCOCCNC(=NC)NCc1cccc(COCc2ccccc2)c1.I. The van der Waals surface area contributed by atoms with Gasteiger partial charge < -0.3 is 20.1 Å². The molecule has 0 aliphatic heterocycles. The lowest BCUT2D eigenvalue weighted by Gasteiger charge is -2.12. The number of nitrogens with one attached hydrogen (secondary N) is 2. The molecule has 0 amide bonds. The van der Waals surface area contributed by atoms with E-state index in [2.05, 4.69) is 52.0 Å². The maximum Gasteiger partial charge on any atom is 0.191 e. The maximum absolute atomic E-state index is 5.81. The number of benzene rings is 2. The summed E-state index contributed by atoms with van der Waals surface area (Å²) in [5.74, 6) is 0.774. The quantitative estimate of drug-likeness (QED) is 0.234. The predicted octanol–water partition coefficient (Wildman–Crippen LogP) is 3.72. The van der Waals surface area contributed by atoms with Gasteiger partial charge in [0.25, 0.3) is 0 Å². The van der Waals surface area contributed by atoms with E-state index in [0.29, 0.717) is 26.4 Å². The van der Waals surface area contributed by atoms with Crippen LogP contribution >= 0.6 is 24.0 Å². The van der Waals surface area contributed by atoms with E-state index in [1.165, 1.54) is 16.7 Å². The van der Waals surface area contributed by atoms with Crippen molar-refractivity contribution >= 4 is 29.9 Å². The number of rotatable bonds is 10. The van der Waals surface area contributed by atoms with Gasteiger partial charge in [0.2, 0.25) is 0 Å². The minimum Gasteiger partial charge on any atom is -0.380 e. The molecular formula is C21H30IN3O2. The van der Waals surface area contributed by atoms with Gasteiger partial charge in [0, 0.05) is 26.7 Å². The summed E-state index contributed by atoms with van der Waals surface area (Å²) in [5, 5.41) is 6.55. The van der Waals surface area contributed by atoms with Gasteiger partial charge in [-0.2, -0.15) is 0 Å². The van der Waals surface area contributed by atoms with Crippen LogP contribution < -0.4 is 10.6 Å². The third-order valence-corrected chi connectivity index (χ3v) is 3.80. The Labute approximate surface area is 179 Å². The highest BCUT2D eigenvalue weighted by Crippen LogP contribution is 2.09. The first-order valence-corrected chi connectivity index (χ1v) is 9.03. The highest BCUT2D eigenvalue weighted by Gasteiger charge is 2.00. The Bertz CT molecular complexity index is 665. The van der Waals surface area contributed by atoms with E-state index >= 15 is 0 Å². The Hall–Kier alpha value is -1.64. The van der Waals surface area contributed by atoms with Crippen molar-refractivity contribution < 1.29 is 9.47 Å². The fourth-order valence-electron chi connectivity index (χ4n) is 2.48. The lowest BCUT2D eigenvalue weighted by Crippen LogP contribution is -2.38. The summed E-state index contributed by atoms with van der Waals surface area (Å²) in [6, 6.07) is 18.6. The van der Waals surface area contributed by atoms with Gasteiger partial charge in [0.15, 0.2) is 5.96 Å². The zero-order chi connectivity index (χ0) is 18.5. The van der Waals surface area contributed by atoms with Crippen LogP contribution in [-0.4, -0.2) is 32.8 Å². The Morgan fingerprint density at radius 1 is 0.889 bits per heavy atom. The van der Waals surface area contributed by atoms with Gasteiger partial charge in [-0.05, 0) is 23.6 Å². The molecule has 0 unspecified atom stereocenters. The molecule has 0 aromatic heterocycles. The molecule has 6 heteroatoms. The molecule has 2 aromatic carbocycles. The van der Waals surface area contributed by atoms with Crippen LogP contribution in [0, 0.1) is 0 Å². The number of ether oxygens (including phenoxy) is 2. The Morgan fingerprint density at radius 3 is 2.33 bits per heavy atom. The molecule has 0 atom stereocenters. The molecule has 148 valence electrons. The van der Waals surface area contributed by atoms with Gasteiger partial charge >= 0.3 is 0 Å². The van der Waals surface area contributed by atoms with Gasteiger partial charge in [-0.3, -0.25) is 4.99 Å². The van der Waals surface area contributed by atoms with Crippen LogP contribution in [0.1, 0.15) is 23.6 Å². The van der Waals surface area contributed by atoms with Crippen LogP contribution in [0.5, 0.6) is 0 Å². The van der Waals surface area contributed by atoms with E-state index in [1.807, 2.05) is 25.1 Å². The third-order valence-electron chi connectivity index (χ3n) is 3.80. The first-order valence-electron chi connectivity index (χ1n) is 9.03. The highest BCUT2D eigenvalue weighted by atomic mass is 127. The molecule has 0 bridgehead atoms. The number of hydrogen-bond donors (Lipinski definition) is 2. The highest BCUT2D eigenvalue weighted by molar-refractivity contribution is 14.0. The molecule has 0 radical (unpaired) electrons. The molecule has 2 N–H and O–H groups in total. The summed E-state index contributed by atoms with van der Waals surface area (Å²) in [6.07, 6.45) is 0. The van der Waals surface area contributed by atoms with Crippen molar-refractivity contribution in [2.24, 2.45) is 4.99 Å². The number of guanidine groups is 1. The summed E-state index contributed by atoms with van der Waals surface area (Å²) in [6.45, 7) is 6.06. The predicted molar refractivity (Wildman–Crippen MR) is 121 cm³/mol. The van der Waals surface area contributed by atoms with E-state index in [-0.39, 0.29) is 24.0 Å². The van der Waals surface area contributed by atoms with Crippen molar-refractivity contribution in [3.8, 4) is 0 Å². The van der Waals surface area contributed by atoms with Gasteiger partial charge in [0.05, 0.1) is 19.8 Å².